The SMILES string of the molecule is Cc1ccc(S(=O)(=O)NN=C2CCCC3CC23C)cc1. The second kappa shape index (κ2) is 4.58. The summed E-state index contributed by atoms with van der Waals surface area (Å²) in [5, 5.41) is 4.23. The van der Waals surface area contributed by atoms with Crippen LogP contribution in [0.3, 0.4) is 0 Å². The maximum absolute atomic E-state index is 12.2. The Balaban J connectivity index is 1.79. The van der Waals surface area contributed by atoms with Gasteiger partial charge in [-0.25, -0.2) is 4.83 Å². The Labute approximate surface area is 120 Å². The first-order chi connectivity index (χ1) is 9.42. The molecule has 2 fully saturated rings. The number of nitrogens with one attached hydrogen (secondary N) is 1. The highest BCUT2D eigenvalue weighted by Crippen LogP contribution is 2.59. The summed E-state index contributed by atoms with van der Waals surface area (Å²) in [5.41, 5.74) is 2.20. The van der Waals surface area contributed by atoms with Crippen LogP contribution in [0.5, 0.6) is 0 Å². The molecule has 0 aliphatic heterocycles. The van der Waals surface area contributed by atoms with Crippen LogP contribution < -0.4 is 4.83 Å². The lowest BCUT2D eigenvalue weighted by atomic mass is 9.88. The summed E-state index contributed by atoms with van der Waals surface area (Å²) in [4.78, 5) is 2.67. The second-order valence-electron chi connectivity index (χ2n) is 6.18. The average molecular weight is 292 g/mol. The molecule has 1 N–H and O–H groups in total. The monoisotopic (exact) mass is 292 g/mol. The van der Waals surface area contributed by atoms with Crippen molar-refractivity contribution in [3.63, 3.8) is 0 Å². The number of sulfonamides is 1. The molecule has 1 aromatic rings. The van der Waals surface area contributed by atoms with Crippen LogP contribution in [0.15, 0.2) is 34.3 Å². The van der Waals surface area contributed by atoms with Gasteiger partial charge in [-0.2, -0.15) is 13.5 Å². The highest BCUT2D eigenvalue weighted by atomic mass is 32.2. The smallest absolute Gasteiger partial charge is 0.200 e. The van der Waals surface area contributed by atoms with Crippen LogP contribution in [0, 0.1) is 18.3 Å². The number of nitrogens with zero attached hydrogens (tertiary/aromatic N) is 1. The molecule has 2 unspecified atom stereocenters. The number of hydrazone groups is 1. The van der Waals surface area contributed by atoms with Crippen LogP contribution in [-0.4, -0.2) is 14.1 Å². The van der Waals surface area contributed by atoms with Gasteiger partial charge in [-0.05, 0) is 50.7 Å². The van der Waals surface area contributed by atoms with Gasteiger partial charge in [0.25, 0.3) is 10.0 Å². The lowest BCUT2D eigenvalue weighted by molar-refractivity contribution is 0.537. The van der Waals surface area contributed by atoms with Gasteiger partial charge in [0.05, 0.1) is 4.90 Å². The van der Waals surface area contributed by atoms with Crippen LogP contribution in [-0.2, 0) is 10.0 Å². The van der Waals surface area contributed by atoms with Crippen molar-refractivity contribution in [2.75, 3.05) is 0 Å². The molecule has 2 aliphatic carbocycles. The molecule has 5 heteroatoms. The van der Waals surface area contributed by atoms with Gasteiger partial charge in [-0.3, -0.25) is 0 Å². The largest absolute Gasteiger partial charge is 0.276 e. The van der Waals surface area contributed by atoms with E-state index in [1.807, 2.05) is 6.92 Å². The molecular weight excluding hydrogens is 272 g/mol. The first-order valence-electron chi connectivity index (χ1n) is 7.07. The Bertz CT molecular complexity index is 649. The molecule has 0 heterocycles. The molecule has 3 rings (SSSR count). The van der Waals surface area contributed by atoms with Gasteiger partial charge in [0.2, 0.25) is 0 Å². The Morgan fingerprint density at radius 1 is 1.30 bits per heavy atom. The third-order valence-electron chi connectivity index (χ3n) is 4.67. The number of fused-ring (bicyclic) bond motifs is 1. The molecule has 0 saturated heterocycles. The van der Waals surface area contributed by atoms with Crippen molar-refractivity contribution in [2.24, 2.45) is 16.4 Å². The summed E-state index contributed by atoms with van der Waals surface area (Å²) < 4.78 is 24.4. The number of aryl methyl sites for hydroxylation is 1. The highest BCUT2D eigenvalue weighted by molar-refractivity contribution is 7.89. The Morgan fingerprint density at radius 2 is 2.00 bits per heavy atom. The Morgan fingerprint density at radius 3 is 2.70 bits per heavy atom. The Hall–Kier alpha value is -1.36. The third kappa shape index (κ3) is 2.35. The van der Waals surface area contributed by atoms with Gasteiger partial charge < -0.3 is 0 Å². The van der Waals surface area contributed by atoms with Crippen molar-refractivity contribution in [1.82, 2.24) is 4.83 Å². The van der Waals surface area contributed by atoms with E-state index < -0.39 is 10.0 Å². The van der Waals surface area contributed by atoms with E-state index >= 15 is 0 Å². The lowest BCUT2D eigenvalue weighted by Crippen LogP contribution is -2.26. The summed E-state index contributed by atoms with van der Waals surface area (Å²) in [6, 6.07) is 6.81. The molecule has 2 aliphatic rings. The van der Waals surface area contributed by atoms with E-state index in [1.54, 1.807) is 24.3 Å². The maximum Gasteiger partial charge on any atom is 0.276 e. The fourth-order valence-corrected chi connectivity index (χ4v) is 3.93. The van der Waals surface area contributed by atoms with Crippen molar-refractivity contribution in [2.45, 2.75) is 44.4 Å². The van der Waals surface area contributed by atoms with E-state index in [9.17, 15) is 8.42 Å². The minimum atomic E-state index is -3.55. The lowest BCUT2D eigenvalue weighted by Gasteiger charge is -2.20. The van der Waals surface area contributed by atoms with Crippen LogP contribution in [0.1, 0.15) is 38.2 Å². The number of rotatable bonds is 3. The van der Waals surface area contributed by atoms with Crippen molar-refractivity contribution in [1.29, 1.82) is 0 Å². The molecule has 0 spiro atoms. The zero-order chi connectivity index (χ0) is 14.4. The minimum Gasteiger partial charge on any atom is -0.200 e. The molecule has 20 heavy (non-hydrogen) atoms. The average Bonchev–Trinajstić information content (AvgIpc) is 3.09. The fraction of sp³-hybridized carbons (Fsp3) is 0.533. The number of benzene rings is 1. The summed E-state index contributed by atoms with van der Waals surface area (Å²) in [7, 11) is -3.55. The van der Waals surface area contributed by atoms with E-state index in [0.717, 1.165) is 30.5 Å². The minimum absolute atomic E-state index is 0.147. The van der Waals surface area contributed by atoms with E-state index in [1.165, 1.54) is 6.42 Å². The molecule has 4 nitrogen and oxygen atoms in total. The van der Waals surface area contributed by atoms with Gasteiger partial charge in [-0.1, -0.05) is 24.6 Å². The summed E-state index contributed by atoms with van der Waals surface area (Å²) in [6.45, 7) is 4.12. The van der Waals surface area contributed by atoms with Crippen molar-refractivity contribution < 1.29 is 8.42 Å². The van der Waals surface area contributed by atoms with Crippen LogP contribution in [0.2, 0.25) is 0 Å². The van der Waals surface area contributed by atoms with Crippen LogP contribution >= 0.6 is 0 Å². The molecule has 2 saturated carbocycles. The molecule has 0 aromatic heterocycles. The zero-order valence-corrected chi connectivity index (χ0v) is 12.7. The van der Waals surface area contributed by atoms with Gasteiger partial charge in [0.15, 0.2) is 0 Å². The summed E-state index contributed by atoms with van der Waals surface area (Å²) in [6.07, 6.45) is 4.42. The van der Waals surface area contributed by atoms with Crippen LogP contribution in [0.25, 0.3) is 0 Å². The molecule has 2 atom stereocenters. The predicted molar refractivity (Wildman–Crippen MR) is 79.0 cm³/mol. The van der Waals surface area contributed by atoms with Crippen LogP contribution in [0.4, 0.5) is 0 Å². The maximum atomic E-state index is 12.2. The summed E-state index contributed by atoms with van der Waals surface area (Å²) >= 11 is 0. The quantitative estimate of drug-likeness (QED) is 0.871. The summed E-state index contributed by atoms with van der Waals surface area (Å²) in [5.74, 6) is 0.707. The first kappa shape index (κ1) is 13.6. The molecule has 0 amide bonds. The number of hydrogen-bond acceptors (Lipinski definition) is 3. The molecular formula is C15H20N2O2S. The molecule has 0 radical (unpaired) electrons. The molecule has 0 bridgehead atoms. The topological polar surface area (TPSA) is 58.5 Å². The predicted octanol–water partition coefficient (Wildman–Crippen LogP) is 2.84. The van der Waals surface area contributed by atoms with Gasteiger partial charge in [0.1, 0.15) is 0 Å². The van der Waals surface area contributed by atoms with Crippen molar-refractivity contribution >= 4 is 15.7 Å². The van der Waals surface area contributed by atoms with Gasteiger partial charge in [-0.15, -0.1) is 0 Å². The molecule has 1 aromatic carbocycles. The zero-order valence-electron chi connectivity index (χ0n) is 11.9. The van der Waals surface area contributed by atoms with E-state index in [0.29, 0.717) is 5.92 Å². The highest BCUT2D eigenvalue weighted by Gasteiger charge is 2.55. The first-order valence-corrected chi connectivity index (χ1v) is 8.56. The number of hydrogen-bond donors (Lipinski definition) is 1. The Kier molecular flexibility index (Phi) is 3.12. The van der Waals surface area contributed by atoms with Crippen molar-refractivity contribution in [3.05, 3.63) is 29.8 Å². The van der Waals surface area contributed by atoms with Gasteiger partial charge >= 0.3 is 0 Å². The van der Waals surface area contributed by atoms with Gasteiger partial charge in [0, 0.05) is 11.1 Å². The standard InChI is InChI=1S/C15H20N2O2S/c1-11-6-8-13(9-7-11)20(18,19)17-16-14-5-3-4-12-10-15(12,14)2/h6-9,12,17H,3-5,10H2,1-2H3. The third-order valence-corrected chi connectivity index (χ3v) is 5.89. The second-order valence-corrected chi connectivity index (χ2v) is 7.84. The normalized spacial score (nSPS) is 30.9. The van der Waals surface area contributed by atoms with Crippen molar-refractivity contribution in [3.8, 4) is 0 Å². The van der Waals surface area contributed by atoms with E-state index in [-0.39, 0.29) is 10.3 Å². The van der Waals surface area contributed by atoms with E-state index in [4.69, 9.17) is 0 Å². The fourth-order valence-electron chi connectivity index (χ4n) is 3.10. The van der Waals surface area contributed by atoms with E-state index in [2.05, 4.69) is 16.9 Å². The molecule has 108 valence electrons.